The molecule has 0 spiro atoms. The molecule has 0 fully saturated rings. The summed E-state index contributed by atoms with van der Waals surface area (Å²) >= 11 is 0. The highest BCUT2D eigenvalue weighted by molar-refractivity contribution is 5.54. The lowest BCUT2D eigenvalue weighted by atomic mass is 9.82. The van der Waals surface area contributed by atoms with Crippen LogP contribution in [0.1, 0.15) is 64.2 Å². The fraction of sp³-hybridized carbons (Fsp3) is 0.484. The van der Waals surface area contributed by atoms with E-state index >= 15 is 0 Å². The fourth-order valence-electron chi connectivity index (χ4n) is 5.17. The fourth-order valence-corrected chi connectivity index (χ4v) is 5.17. The minimum atomic E-state index is 0.427. The van der Waals surface area contributed by atoms with Gasteiger partial charge in [0.25, 0.3) is 0 Å². The van der Waals surface area contributed by atoms with E-state index < -0.39 is 0 Å². The van der Waals surface area contributed by atoms with Crippen LogP contribution in [0, 0.1) is 5.92 Å². The predicted molar refractivity (Wildman–Crippen MR) is 149 cm³/mol. The second-order valence-electron chi connectivity index (χ2n) is 10.1. The van der Waals surface area contributed by atoms with Gasteiger partial charge in [0.1, 0.15) is 5.75 Å². The highest BCUT2D eigenvalue weighted by atomic mass is 16.5. The number of unbranched alkanes of at least 4 members (excludes halogenated alkanes) is 8. The third-order valence-electron chi connectivity index (χ3n) is 7.21. The van der Waals surface area contributed by atoms with Crippen molar-refractivity contribution in [1.29, 1.82) is 0 Å². The second kappa shape index (κ2) is 13.3. The van der Waals surface area contributed by atoms with Crippen LogP contribution in [0.25, 0.3) is 0 Å². The minimum Gasteiger partial charge on any atom is -0.494 e. The molecule has 0 saturated heterocycles. The molecule has 2 N–H and O–H groups in total. The molecule has 4 nitrogen and oxygen atoms in total. The second-order valence-corrected chi connectivity index (χ2v) is 10.1. The van der Waals surface area contributed by atoms with E-state index in [-0.39, 0.29) is 0 Å². The van der Waals surface area contributed by atoms with Gasteiger partial charge in [0, 0.05) is 50.2 Å². The van der Waals surface area contributed by atoms with Crippen molar-refractivity contribution in [2.24, 2.45) is 5.92 Å². The topological polar surface area (TPSA) is 36.5 Å². The van der Waals surface area contributed by atoms with E-state index in [1.807, 2.05) is 6.20 Å². The van der Waals surface area contributed by atoms with Crippen molar-refractivity contribution in [3.8, 4) is 5.75 Å². The van der Waals surface area contributed by atoms with Gasteiger partial charge in [0.2, 0.25) is 0 Å². The Morgan fingerprint density at radius 3 is 2.54 bits per heavy atom. The summed E-state index contributed by atoms with van der Waals surface area (Å²) in [7, 11) is 4.12. The number of ether oxygens (including phenoxy) is 1. The van der Waals surface area contributed by atoms with Crippen LogP contribution in [0.5, 0.6) is 5.75 Å². The molecule has 4 heteroatoms. The molecule has 3 aliphatic rings. The van der Waals surface area contributed by atoms with Gasteiger partial charge in [0.15, 0.2) is 0 Å². The zero-order chi connectivity index (χ0) is 24.3. The number of hydrogen-bond acceptors (Lipinski definition) is 4. The van der Waals surface area contributed by atoms with Gasteiger partial charge in [-0.05, 0) is 43.0 Å². The van der Waals surface area contributed by atoms with Gasteiger partial charge >= 0.3 is 0 Å². The number of dihydropyridines is 1. The highest BCUT2D eigenvalue weighted by Crippen LogP contribution is 2.35. The van der Waals surface area contributed by atoms with Crippen molar-refractivity contribution in [3.05, 3.63) is 83.4 Å². The molecule has 0 bridgehead atoms. The summed E-state index contributed by atoms with van der Waals surface area (Å²) in [4.78, 5) is 2.11. The average molecular weight is 474 g/mol. The van der Waals surface area contributed by atoms with Crippen molar-refractivity contribution < 1.29 is 4.74 Å². The Kier molecular flexibility index (Phi) is 9.56. The molecule has 2 aliphatic heterocycles. The predicted octanol–water partition coefficient (Wildman–Crippen LogP) is 7.00. The molecule has 2 heterocycles. The van der Waals surface area contributed by atoms with Gasteiger partial charge in [-0.25, -0.2) is 0 Å². The first-order valence-corrected chi connectivity index (χ1v) is 13.6. The molecule has 35 heavy (non-hydrogen) atoms. The summed E-state index contributed by atoms with van der Waals surface area (Å²) < 4.78 is 5.93. The quantitative estimate of drug-likeness (QED) is 0.225. The molecule has 188 valence electrons. The van der Waals surface area contributed by atoms with E-state index in [1.54, 1.807) is 5.57 Å². The minimum absolute atomic E-state index is 0.427. The summed E-state index contributed by atoms with van der Waals surface area (Å²) in [5.74, 6) is 1.41. The molecule has 1 unspecified atom stereocenters. The van der Waals surface area contributed by atoms with Crippen LogP contribution in [0.2, 0.25) is 0 Å². The first kappa shape index (κ1) is 25.2. The number of hydrogen-bond donors (Lipinski definition) is 2. The van der Waals surface area contributed by atoms with Crippen LogP contribution in [-0.4, -0.2) is 27.2 Å². The molecule has 0 amide bonds. The smallest absolute Gasteiger partial charge is 0.121 e. The molecule has 0 radical (unpaired) electrons. The molecule has 1 aliphatic carbocycles. The maximum absolute atomic E-state index is 5.93. The Hall–Kier alpha value is -2.88. The average Bonchev–Trinajstić information content (AvgIpc) is 2.89. The van der Waals surface area contributed by atoms with Crippen LogP contribution in [0.3, 0.4) is 0 Å². The van der Waals surface area contributed by atoms with Gasteiger partial charge in [-0.1, -0.05) is 80.9 Å². The standard InChI is InChI=1S/C31H43N3O/c1-34(2)27-16-12-17-28(24-27)35-23-11-9-7-5-3-4-6-8-10-14-25-20-22-33-31-29(25)19-18-26-15-13-21-32-30(26)31/h12-13,15-21,24,29,32-33H,3-11,14,22-23H2,1-2H3. The molecule has 0 saturated carbocycles. The number of anilines is 1. The molecule has 0 aromatic heterocycles. The maximum atomic E-state index is 5.93. The molecular formula is C31H43N3O. The Morgan fingerprint density at radius 2 is 1.74 bits per heavy atom. The Bertz CT molecular complexity index is 983. The van der Waals surface area contributed by atoms with Crippen molar-refractivity contribution >= 4 is 5.69 Å². The van der Waals surface area contributed by atoms with E-state index in [0.29, 0.717) is 5.92 Å². The third kappa shape index (κ3) is 7.30. The van der Waals surface area contributed by atoms with Gasteiger partial charge in [0.05, 0.1) is 12.3 Å². The monoisotopic (exact) mass is 473 g/mol. The van der Waals surface area contributed by atoms with E-state index in [9.17, 15) is 0 Å². The molecule has 1 atom stereocenters. The number of benzene rings is 1. The number of allylic oxidation sites excluding steroid dienone is 4. The zero-order valence-electron chi connectivity index (χ0n) is 21.7. The molecule has 1 aromatic carbocycles. The molecule has 1 aromatic rings. The number of rotatable bonds is 14. The third-order valence-corrected chi connectivity index (χ3v) is 7.21. The Morgan fingerprint density at radius 1 is 0.971 bits per heavy atom. The van der Waals surface area contributed by atoms with E-state index in [1.165, 1.54) is 80.4 Å². The lowest BCUT2D eigenvalue weighted by molar-refractivity contribution is 0.304. The first-order valence-electron chi connectivity index (χ1n) is 13.6. The largest absolute Gasteiger partial charge is 0.494 e. The van der Waals surface area contributed by atoms with Gasteiger partial charge in [-0.2, -0.15) is 0 Å². The first-order chi connectivity index (χ1) is 17.2. The summed E-state index contributed by atoms with van der Waals surface area (Å²) in [6.07, 6.45) is 26.4. The van der Waals surface area contributed by atoms with Gasteiger partial charge in [-0.15, -0.1) is 0 Å². The SMILES string of the molecule is CN(C)c1cccc(OCCCCCCCCCCCC2=CCNC3=C4NC=CC=C4C=CC23)c1. The number of fused-ring (bicyclic) bond motifs is 2. The molecule has 4 rings (SSSR count). The van der Waals surface area contributed by atoms with Crippen molar-refractivity contribution in [2.75, 3.05) is 32.1 Å². The van der Waals surface area contributed by atoms with E-state index in [0.717, 1.165) is 25.3 Å². The Balaban J connectivity index is 1.02. The number of nitrogens with zero attached hydrogens (tertiary/aromatic N) is 1. The van der Waals surface area contributed by atoms with Gasteiger partial charge < -0.3 is 20.3 Å². The summed E-state index contributed by atoms with van der Waals surface area (Å²) in [6.45, 7) is 1.77. The lowest BCUT2D eigenvalue weighted by Crippen LogP contribution is -2.33. The number of nitrogens with one attached hydrogen (secondary N) is 2. The highest BCUT2D eigenvalue weighted by Gasteiger charge is 2.27. The summed E-state index contributed by atoms with van der Waals surface area (Å²) in [6, 6.07) is 8.34. The van der Waals surface area contributed by atoms with Crippen molar-refractivity contribution in [1.82, 2.24) is 10.6 Å². The summed E-state index contributed by atoms with van der Waals surface area (Å²) in [5.41, 5.74) is 6.68. The van der Waals surface area contributed by atoms with Crippen LogP contribution in [0.15, 0.2) is 83.4 Å². The maximum Gasteiger partial charge on any atom is 0.121 e. The zero-order valence-corrected chi connectivity index (χ0v) is 21.7. The van der Waals surface area contributed by atoms with E-state index in [4.69, 9.17) is 4.74 Å². The van der Waals surface area contributed by atoms with Crippen LogP contribution >= 0.6 is 0 Å². The van der Waals surface area contributed by atoms with Crippen LogP contribution in [0.4, 0.5) is 5.69 Å². The van der Waals surface area contributed by atoms with Gasteiger partial charge in [-0.3, -0.25) is 0 Å². The molecular weight excluding hydrogens is 430 g/mol. The lowest BCUT2D eigenvalue weighted by Gasteiger charge is -2.33. The van der Waals surface area contributed by atoms with E-state index in [2.05, 4.69) is 84.3 Å². The van der Waals surface area contributed by atoms with Crippen LogP contribution < -0.4 is 20.3 Å². The normalized spacial score (nSPS) is 18.2. The van der Waals surface area contributed by atoms with Crippen molar-refractivity contribution in [3.63, 3.8) is 0 Å². The summed E-state index contributed by atoms with van der Waals surface area (Å²) in [5, 5.41) is 7.06. The van der Waals surface area contributed by atoms with Crippen LogP contribution in [-0.2, 0) is 0 Å². The Labute approximate surface area is 212 Å². The van der Waals surface area contributed by atoms with Crippen molar-refractivity contribution in [2.45, 2.75) is 64.2 Å².